The van der Waals surface area contributed by atoms with Crippen LogP contribution in [0.15, 0.2) is 60.8 Å². The van der Waals surface area contributed by atoms with Crippen LogP contribution in [-0.2, 0) is 17.9 Å². The second-order valence-electron chi connectivity index (χ2n) is 6.45. The third kappa shape index (κ3) is 3.55. The molecule has 2 amide bonds. The van der Waals surface area contributed by atoms with Crippen LogP contribution in [0, 0.1) is 0 Å². The maximum absolute atomic E-state index is 12.9. The summed E-state index contributed by atoms with van der Waals surface area (Å²) in [4.78, 5) is 34.9. The number of aromatic nitrogens is 2. The van der Waals surface area contributed by atoms with E-state index in [9.17, 15) is 9.59 Å². The molecule has 1 aliphatic rings. The molecule has 0 radical (unpaired) electrons. The van der Waals surface area contributed by atoms with Gasteiger partial charge in [0, 0.05) is 42.0 Å². The number of nitrogens with one attached hydrogen (secondary N) is 1. The van der Waals surface area contributed by atoms with Crippen LogP contribution in [0.25, 0.3) is 11.4 Å². The average molecular weight is 358 g/mol. The Hall–Kier alpha value is -3.54. The maximum Gasteiger partial charge on any atom is 0.254 e. The van der Waals surface area contributed by atoms with E-state index in [0.717, 1.165) is 16.8 Å². The van der Waals surface area contributed by atoms with Crippen LogP contribution in [0.1, 0.15) is 28.5 Å². The van der Waals surface area contributed by atoms with Crippen molar-refractivity contribution in [2.75, 3.05) is 5.32 Å². The molecule has 0 unspecified atom stereocenters. The predicted octanol–water partition coefficient (Wildman–Crippen LogP) is 3.26. The third-order valence-corrected chi connectivity index (χ3v) is 4.41. The van der Waals surface area contributed by atoms with Gasteiger partial charge in [0.2, 0.25) is 5.91 Å². The van der Waals surface area contributed by atoms with Gasteiger partial charge in [-0.25, -0.2) is 9.97 Å². The van der Waals surface area contributed by atoms with E-state index in [0.29, 0.717) is 30.2 Å². The molecule has 2 heterocycles. The minimum Gasteiger partial charge on any atom is -0.328 e. The Morgan fingerprint density at radius 1 is 1.04 bits per heavy atom. The van der Waals surface area contributed by atoms with E-state index in [1.165, 1.54) is 6.92 Å². The Labute approximate surface area is 156 Å². The lowest BCUT2D eigenvalue weighted by molar-refractivity contribution is -0.114. The molecule has 0 fully saturated rings. The number of nitrogens with zero attached hydrogens (tertiary/aromatic N) is 3. The summed E-state index contributed by atoms with van der Waals surface area (Å²) in [5.41, 5.74) is 3.92. The minimum atomic E-state index is -0.170. The second-order valence-corrected chi connectivity index (χ2v) is 6.45. The zero-order valence-electron chi connectivity index (χ0n) is 14.8. The summed E-state index contributed by atoms with van der Waals surface area (Å²) in [6, 6.07) is 16.7. The largest absolute Gasteiger partial charge is 0.328 e. The van der Waals surface area contributed by atoms with E-state index in [-0.39, 0.29) is 11.8 Å². The molecule has 6 nitrogen and oxygen atoms in total. The molecule has 3 aromatic rings. The lowest BCUT2D eigenvalue weighted by atomic mass is 10.1. The van der Waals surface area contributed by atoms with Crippen LogP contribution in [0.3, 0.4) is 0 Å². The smallest absolute Gasteiger partial charge is 0.254 e. The summed E-state index contributed by atoms with van der Waals surface area (Å²) in [6.45, 7) is 2.36. The molecule has 0 spiro atoms. The zero-order valence-corrected chi connectivity index (χ0v) is 14.8. The molecule has 0 saturated carbocycles. The van der Waals surface area contributed by atoms with E-state index in [1.54, 1.807) is 35.4 Å². The molecule has 6 heteroatoms. The first-order valence-electron chi connectivity index (χ1n) is 8.67. The number of hydrogen-bond acceptors (Lipinski definition) is 4. The highest BCUT2D eigenvalue weighted by Crippen LogP contribution is 2.25. The summed E-state index contributed by atoms with van der Waals surface area (Å²) in [5, 5.41) is 2.70. The molecule has 2 aromatic carbocycles. The molecular weight excluding hydrogens is 340 g/mol. The van der Waals surface area contributed by atoms with E-state index in [4.69, 9.17) is 0 Å². The lowest BCUT2D eigenvalue weighted by Crippen LogP contribution is -2.25. The van der Waals surface area contributed by atoms with E-state index < -0.39 is 0 Å². The fourth-order valence-corrected chi connectivity index (χ4v) is 3.14. The fourth-order valence-electron chi connectivity index (χ4n) is 3.14. The van der Waals surface area contributed by atoms with Gasteiger partial charge in [-0.3, -0.25) is 9.59 Å². The molecule has 1 aromatic heterocycles. The van der Waals surface area contributed by atoms with E-state index in [1.807, 2.05) is 30.3 Å². The van der Waals surface area contributed by atoms with Crippen molar-refractivity contribution >= 4 is 17.5 Å². The quantitative estimate of drug-likeness (QED) is 0.780. The van der Waals surface area contributed by atoms with Crippen molar-refractivity contribution < 1.29 is 9.59 Å². The van der Waals surface area contributed by atoms with Crippen LogP contribution in [-0.4, -0.2) is 26.7 Å². The van der Waals surface area contributed by atoms with E-state index in [2.05, 4.69) is 15.3 Å². The topological polar surface area (TPSA) is 75.2 Å². The molecule has 134 valence electrons. The standard InChI is InChI=1S/C21H18N4O2/c1-14(26)23-18-9-5-8-16(10-18)21(27)25-12-17-11-22-20(24-19(17)13-25)15-6-3-2-4-7-15/h2-11H,12-13H2,1H3,(H,23,26). The van der Waals surface area contributed by atoms with Crippen molar-refractivity contribution in [3.8, 4) is 11.4 Å². The van der Waals surface area contributed by atoms with Crippen LogP contribution in [0.5, 0.6) is 0 Å². The Kier molecular flexibility index (Phi) is 4.38. The first-order chi connectivity index (χ1) is 13.1. The van der Waals surface area contributed by atoms with Crippen molar-refractivity contribution in [1.29, 1.82) is 0 Å². The zero-order chi connectivity index (χ0) is 18.8. The number of amides is 2. The van der Waals surface area contributed by atoms with Crippen molar-refractivity contribution in [2.24, 2.45) is 0 Å². The molecule has 4 rings (SSSR count). The van der Waals surface area contributed by atoms with Gasteiger partial charge in [-0.15, -0.1) is 0 Å². The Morgan fingerprint density at radius 3 is 2.63 bits per heavy atom. The molecule has 0 aliphatic carbocycles. The van der Waals surface area contributed by atoms with Gasteiger partial charge in [0.1, 0.15) is 0 Å². The molecular formula is C21H18N4O2. The molecule has 0 saturated heterocycles. The summed E-state index contributed by atoms with van der Waals surface area (Å²) in [5.74, 6) is 0.398. The first kappa shape index (κ1) is 16.9. The highest BCUT2D eigenvalue weighted by molar-refractivity contribution is 5.97. The second kappa shape index (κ2) is 6.99. The Bertz CT molecular complexity index is 1020. The number of fused-ring (bicyclic) bond motifs is 1. The monoisotopic (exact) mass is 358 g/mol. The molecule has 0 bridgehead atoms. The van der Waals surface area contributed by atoms with Gasteiger partial charge in [0.25, 0.3) is 5.91 Å². The number of benzene rings is 2. The van der Waals surface area contributed by atoms with Crippen LogP contribution in [0.2, 0.25) is 0 Å². The normalized spacial score (nSPS) is 12.6. The number of hydrogen-bond donors (Lipinski definition) is 1. The van der Waals surface area contributed by atoms with Crippen molar-refractivity contribution in [3.63, 3.8) is 0 Å². The lowest BCUT2D eigenvalue weighted by Gasteiger charge is -2.15. The van der Waals surface area contributed by atoms with Crippen molar-refractivity contribution in [3.05, 3.63) is 77.6 Å². The van der Waals surface area contributed by atoms with Gasteiger partial charge in [-0.1, -0.05) is 36.4 Å². The summed E-state index contributed by atoms with van der Waals surface area (Å²) in [6.07, 6.45) is 1.80. The maximum atomic E-state index is 12.9. The number of carbonyl (C=O) groups is 2. The summed E-state index contributed by atoms with van der Waals surface area (Å²) in [7, 11) is 0. The number of anilines is 1. The van der Waals surface area contributed by atoms with Gasteiger partial charge in [-0.2, -0.15) is 0 Å². The van der Waals surface area contributed by atoms with Gasteiger partial charge < -0.3 is 10.2 Å². The van der Waals surface area contributed by atoms with Gasteiger partial charge >= 0.3 is 0 Å². The molecule has 1 aliphatic heterocycles. The van der Waals surface area contributed by atoms with Gasteiger partial charge in [0.15, 0.2) is 5.82 Å². The van der Waals surface area contributed by atoms with Crippen LogP contribution >= 0.6 is 0 Å². The highest BCUT2D eigenvalue weighted by Gasteiger charge is 2.26. The Balaban J connectivity index is 1.54. The van der Waals surface area contributed by atoms with Gasteiger partial charge in [0.05, 0.1) is 12.2 Å². The van der Waals surface area contributed by atoms with Gasteiger partial charge in [-0.05, 0) is 18.2 Å². The van der Waals surface area contributed by atoms with Crippen molar-refractivity contribution in [1.82, 2.24) is 14.9 Å². The minimum absolute atomic E-state index is 0.0959. The fraction of sp³-hybridized carbons (Fsp3) is 0.143. The third-order valence-electron chi connectivity index (χ3n) is 4.41. The highest BCUT2D eigenvalue weighted by atomic mass is 16.2. The van der Waals surface area contributed by atoms with E-state index >= 15 is 0 Å². The molecule has 1 N–H and O–H groups in total. The molecule has 27 heavy (non-hydrogen) atoms. The summed E-state index contributed by atoms with van der Waals surface area (Å²) >= 11 is 0. The predicted molar refractivity (Wildman–Crippen MR) is 102 cm³/mol. The first-order valence-corrected chi connectivity index (χ1v) is 8.67. The van der Waals surface area contributed by atoms with Crippen LogP contribution < -0.4 is 5.32 Å². The number of carbonyl (C=O) groups excluding carboxylic acids is 2. The SMILES string of the molecule is CC(=O)Nc1cccc(C(=O)N2Cc3cnc(-c4ccccc4)nc3C2)c1. The Morgan fingerprint density at radius 2 is 1.85 bits per heavy atom. The summed E-state index contributed by atoms with van der Waals surface area (Å²) < 4.78 is 0. The van der Waals surface area contributed by atoms with Crippen LogP contribution in [0.4, 0.5) is 5.69 Å². The van der Waals surface area contributed by atoms with Crippen molar-refractivity contribution in [2.45, 2.75) is 20.0 Å². The number of rotatable bonds is 3. The molecule has 0 atom stereocenters. The average Bonchev–Trinajstić information content (AvgIpc) is 3.11.